The molecule has 2 amide bonds. The van der Waals surface area contributed by atoms with Crippen molar-refractivity contribution in [3.05, 3.63) is 22.4 Å². The molecule has 0 unspecified atom stereocenters. The van der Waals surface area contributed by atoms with Gasteiger partial charge in [0.05, 0.1) is 0 Å². The molecule has 1 aromatic heterocycles. The van der Waals surface area contributed by atoms with Crippen LogP contribution >= 0.6 is 11.3 Å². The summed E-state index contributed by atoms with van der Waals surface area (Å²) in [5.74, 6) is 0.634. The van der Waals surface area contributed by atoms with Crippen molar-refractivity contribution >= 4 is 23.2 Å². The predicted octanol–water partition coefficient (Wildman–Crippen LogP) is 1.69. The van der Waals surface area contributed by atoms with Gasteiger partial charge in [0, 0.05) is 51.6 Å². The van der Waals surface area contributed by atoms with Gasteiger partial charge in [0.15, 0.2) is 0 Å². The molecule has 24 heavy (non-hydrogen) atoms. The average molecular weight is 350 g/mol. The maximum Gasteiger partial charge on any atom is 0.225 e. The molecule has 6 heteroatoms. The summed E-state index contributed by atoms with van der Waals surface area (Å²) in [5, 5.41) is 4.16. The molecule has 0 aliphatic carbocycles. The minimum absolute atomic E-state index is 0.106. The van der Waals surface area contributed by atoms with Gasteiger partial charge in [-0.2, -0.15) is 11.3 Å². The lowest BCUT2D eigenvalue weighted by Gasteiger charge is -2.37. The van der Waals surface area contributed by atoms with Crippen LogP contribution in [0.2, 0.25) is 0 Å². The zero-order valence-corrected chi connectivity index (χ0v) is 15.3. The summed E-state index contributed by atoms with van der Waals surface area (Å²) in [6.07, 6.45) is 3.03. The number of hydrogen-bond acceptors (Lipinski definition) is 4. The van der Waals surface area contributed by atoms with Crippen molar-refractivity contribution in [2.45, 2.75) is 25.7 Å². The van der Waals surface area contributed by atoms with E-state index in [1.165, 1.54) is 5.56 Å². The van der Waals surface area contributed by atoms with Crippen molar-refractivity contribution in [3.63, 3.8) is 0 Å². The second-order valence-corrected chi connectivity index (χ2v) is 7.70. The number of thiophene rings is 1. The van der Waals surface area contributed by atoms with Gasteiger partial charge in [-0.25, -0.2) is 0 Å². The molecule has 2 saturated heterocycles. The fourth-order valence-electron chi connectivity index (χ4n) is 3.51. The van der Waals surface area contributed by atoms with Gasteiger partial charge in [-0.05, 0) is 48.7 Å². The summed E-state index contributed by atoms with van der Waals surface area (Å²) in [4.78, 5) is 31.2. The van der Waals surface area contributed by atoms with Crippen molar-refractivity contribution in [1.29, 1.82) is 0 Å². The Morgan fingerprint density at radius 1 is 1.08 bits per heavy atom. The third-order valence-electron chi connectivity index (χ3n) is 5.22. The lowest BCUT2D eigenvalue weighted by Crippen LogP contribution is -2.51. The van der Waals surface area contributed by atoms with Gasteiger partial charge in [0.1, 0.15) is 0 Å². The summed E-state index contributed by atoms with van der Waals surface area (Å²) in [6, 6.07) is 2.08. The third kappa shape index (κ3) is 4.36. The molecule has 0 radical (unpaired) electrons. The topological polar surface area (TPSA) is 43.9 Å². The maximum atomic E-state index is 12.6. The van der Waals surface area contributed by atoms with Crippen molar-refractivity contribution < 1.29 is 9.59 Å². The lowest BCUT2D eigenvalue weighted by atomic mass is 9.94. The highest BCUT2D eigenvalue weighted by Crippen LogP contribution is 2.21. The minimum atomic E-state index is 0.106. The zero-order valence-electron chi connectivity index (χ0n) is 14.4. The van der Waals surface area contributed by atoms with Gasteiger partial charge >= 0.3 is 0 Å². The molecule has 1 aromatic rings. The van der Waals surface area contributed by atoms with Crippen LogP contribution in [0, 0.1) is 5.92 Å². The van der Waals surface area contributed by atoms with Crippen LogP contribution in [-0.2, 0) is 16.0 Å². The van der Waals surface area contributed by atoms with E-state index in [0.717, 1.165) is 58.5 Å². The molecule has 2 aliphatic heterocycles. The maximum absolute atomic E-state index is 12.6. The quantitative estimate of drug-likeness (QED) is 0.831. The van der Waals surface area contributed by atoms with E-state index in [-0.39, 0.29) is 11.8 Å². The first-order valence-electron chi connectivity index (χ1n) is 8.89. The van der Waals surface area contributed by atoms with Crippen molar-refractivity contribution in [1.82, 2.24) is 14.7 Å². The van der Waals surface area contributed by atoms with E-state index in [1.54, 1.807) is 11.3 Å². The molecule has 5 nitrogen and oxygen atoms in total. The summed E-state index contributed by atoms with van der Waals surface area (Å²) in [5.41, 5.74) is 1.24. The molecule has 0 atom stereocenters. The molecule has 0 N–H and O–H groups in total. The first kappa shape index (κ1) is 17.4. The molecule has 3 heterocycles. The molecule has 132 valence electrons. The normalized spacial score (nSPS) is 20.4. The summed E-state index contributed by atoms with van der Waals surface area (Å²) < 4.78 is 0. The number of amides is 2. The SMILES string of the molecule is CN1CCN(C(=O)C2CCN(C(=O)CCc3ccsc3)CC2)CC1. The second-order valence-electron chi connectivity index (χ2n) is 6.92. The average Bonchev–Trinajstić information content (AvgIpc) is 3.13. The van der Waals surface area contributed by atoms with Gasteiger partial charge < -0.3 is 14.7 Å². The monoisotopic (exact) mass is 349 g/mol. The van der Waals surface area contributed by atoms with Crippen molar-refractivity contribution in [3.8, 4) is 0 Å². The Kier molecular flexibility index (Phi) is 5.89. The number of carbonyl (C=O) groups is 2. The number of likely N-dealkylation sites (N-methyl/N-ethyl adjacent to an activating group) is 1. The largest absolute Gasteiger partial charge is 0.343 e. The van der Waals surface area contributed by atoms with Gasteiger partial charge in [-0.3, -0.25) is 9.59 Å². The Hall–Kier alpha value is -1.40. The first-order chi connectivity index (χ1) is 11.6. The number of rotatable bonds is 4. The number of carbonyl (C=O) groups excluding carboxylic acids is 2. The van der Waals surface area contributed by atoms with Crippen molar-refractivity contribution in [2.75, 3.05) is 46.3 Å². The van der Waals surface area contributed by atoms with E-state index in [1.807, 2.05) is 9.80 Å². The molecule has 0 spiro atoms. The molecule has 0 saturated carbocycles. The molecule has 2 aliphatic rings. The van der Waals surface area contributed by atoms with E-state index in [0.29, 0.717) is 12.3 Å². The second kappa shape index (κ2) is 8.12. The lowest BCUT2D eigenvalue weighted by molar-refractivity contribution is -0.141. The zero-order chi connectivity index (χ0) is 16.9. The van der Waals surface area contributed by atoms with Gasteiger partial charge in [-0.15, -0.1) is 0 Å². The van der Waals surface area contributed by atoms with Crippen LogP contribution in [0.25, 0.3) is 0 Å². The van der Waals surface area contributed by atoms with E-state index in [9.17, 15) is 9.59 Å². The van der Waals surface area contributed by atoms with Crippen LogP contribution in [-0.4, -0.2) is 72.8 Å². The Balaban J connectivity index is 1.41. The number of nitrogens with zero attached hydrogens (tertiary/aromatic N) is 3. The summed E-state index contributed by atoms with van der Waals surface area (Å²) in [7, 11) is 2.10. The van der Waals surface area contributed by atoms with Crippen LogP contribution in [0.4, 0.5) is 0 Å². The third-order valence-corrected chi connectivity index (χ3v) is 5.95. The number of piperazine rings is 1. The number of piperidine rings is 1. The highest BCUT2D eigenvalue weighted by molar-refractivity contribution is 7.07. The van der Waals surface area contributed by atoms with Gasteiger partial charge in [0.25, 0.3) is 0 Å². The summed E-state index contributed by atoms with van der Waals surface area (Å²) >= 11 is 1.67. The minimum Gasteiger partial charge on any atom is -0.343 e. The number of hydrogen-bond donors (Lipinski definition) is 0. The van der Waals surface area contributed by atoms with E-state index in [2.05, 4.69) is 28.8 Å². The molecule has 2 fully saturated rings. The highest BCUT2D eigenvalue weighted by Gasteiger charge is 2.31. The summed E-state index contributed by atoms with van der Waals surface area (Å²) in [6.45, 7) is 5.07. The van der Waals surface area contributed by atoms with Crippen LogP contribution < -0.4 is 0 Å². The fourth-order valence-corrected chi connectivity index (χ4v) is 4.21. The Labute approximate surface area is 148 Å². The highest BCUT2D eigenvalue weighted by atomic mass is 32.1. The van der Waals surface area contributed by atoms with E-state index >= 15 is 0 Å². The Morgan fingerprint density at radius 2 is 1.79 bits per heavy atom. The van der Waals surface area contributed by atoms with Crippen LogP contribution in [0.3, 0.4) is 0 Å². The van der Waals surface area contributed by atoms with Crippen molar-refractivity contribution in [2.24, 2.45) is 5.92 Å². The predicted molar refractivity (Wildman–Crippen MR) is 96.0 cm³/mol. The van der Waals surface area contributed by atoms with Crippen LogP contribution in [0.15, 0.2) is 16.8 Å². The Morgan fingerprint density at radius 3 is 2.42 bits per heavy atom. The van der Waals surface area contributed by atoms with Gasteiger partial charge in [0.2, 0.25) is 11.8 Å². The van der Waals surface area contributed by atoms with Crippen LogP contribution in [0.1, 0.15) is 24.8 Å². The molecule has 3 rings (SSSR count). The van der Waals surface area contributed by atoms with Gasteiger partial charge in [-0.1, -0.05) is 0 Å². The fraction of sp³-hybridized carbons (Fsp3) is 0.667. The van der Waals surface area contributed by atoms with E-state index < -0.39 is 0 Å². The first-order valence-corrected chi connectivity index (χ1v) is 9.84. The smallest absolute Gasteiger partial charge is 0.225 e. The standard InChI is InChI=1S/C18H27N3O2S/c1-19-9-11-21(12-10-19)18(23)16-4-7-20(8-5-16)17(22)3-2-15-6-13-24-14-15/h6,13-14,16H,2-5,7-12H2,1H3. The van der Waals surface area contributed by atoms with E-state index in [4.69, 9.17) is 0 Å². The molecule has 0 bridgehead atoms. The number of likely N-dealkylation sites (tertiary alicyclic amines) is 1. The molecular formula is C18H27N3O2S. The Bertz CT molecular complexity index is 545. The molecular weight excluding hydrogens is 322 g/mol. The number of aryl methyl sites for hydroxylation is 1. The molecule has 0 aromatic carbocycles. The van der Waals surface area contributed by atoms with Crippen LogP contribution in [0.5, 0.6) is 0 Å².